The Balaban J connectivity index is 1.77. The second-order valence-electron chi connectivity index (χ2n) is 5.67. The highest BCUT2D eigenvalue weighted by atomic mass is 79.9. The molecule has 1 aromatic carbocycles. The largest absolute Gasteiger partial charge is 0.374 e. The number of carbonyl (C=O) groups is 2. The minimum Gasteiger partial charge on any atom is -0.374 e. The first-order valence-electron chi connectivity index (χ1n) is 7.68. The molecule has 0 bridgehead atoms. The highest BCUT2D eigenvalue weighted by Crippen LogP contribution is 2.17. The van der Waals surface area contributed by atoms with Crippen molar-refractivity contribution in [1.82, 2.24) is 10.6 Å². The maximum atomic E-state index is 12.0. The predicted molar refractivity (Wildman–Crippen MR) is 90.8 cm³/mol. The molecular weight excluding hydrogens is 346 g/mol. The van der Waals surface area contributed by atoms with E-state index >= 15 is 0 Å². The lowest BCUT2D eigenvalue weighted by Crippen LogP contribution is -2.49. The summed E-state index contributed by atoms with van der Waals surface area (Å²) in [6.07, 6.45) is 5.50. The average Bonchev–Trinajstić information content (AvgIpc) is 2.50. The van der Waals surface area contributed by atoms with Crippen molar-refractivity contribution in [3.8, 4) is 0 Å². The number of benzene rings is 1. The molecule has 1 aromatic rings. The average molecular weight is 368 g/mol. The van der Waals surface area contributed by atoms with Crippen LogP contribution in [0.1, 0.15) is 39.0 Å². The fourth-order valence-corrected chi connectivity index (χ4v) is 2.81. The van der Waals surface area contributed by atoms with Crippen LogP contribution >= 0.6 is 15.9 Å². The molecule has 6 heteroatoms. The molecule has 0 unspecified atom stereocenters. The number of anilines is 1. The number of hydrogen-bond acceptors (Lipinski definition) is 3. The molecule has 1 saturated carbocycles. The molecule has 0 spiro atoms. The summed E-state index contributed by atoms with van der Waals surface area (Å²) < 4.78 is 0.974. The van der Waals surface area contributed by atoms with E-state index in [2.05, 4.69) is 31.9 Å². The molecular formula is C16H22BrN3O2. The van der Waals surface area contributed by atoms with Gasteiger partial charge >= 0.3 is 6.03 Å². The summed E-state index contributed by atoms with van der Waals surface area (Å²) in [5, 5.41) is 8.33. The van der Waals surface area contributed by atoms with Crippen LogP contribution in [0, 0.1) is 0 Å². The Bertz CT molecular complexity index is 513. The second-order valence-corrected chi connectivity index (χ2v) is 6.59. The van der Waals surface area contributed by atoms with Gasteiger partial charge in [-0.1, -0.05) is 35.2 Å². The van der Waals surface area contributed by atoms with Gasteiger partial charge < -0.3 is 10.6 Å². The quantitative estimate of drug-likeness (QED) is 0.763. The first-order chi connectivity index (χ1) is 10.5. The number of halogens is 1. The fourth-order valence-electron chi connectivity index (χ4n) is 2.55. The molecule has 3 N–H and O–H groups in total. The number of imide groups is 1. The fraction of sp³-hybridized carbons (Fsp3) is 0.500. The maximum absolute atomic E-state index is 12.0. The summed E-state index contributed by atoms with van der Waals surface area (Å²) in [4.78, 5) is 23.9. The molecule has 1 aliphatic rings. The number of amides is 3. The van der Waals surface area contributed by atoms with Crippen LogP contribution in [0.3, 0.4) is 0 Å². The third-order valence-electron chi connectivity index (χ3n) is 3.80. The Hall–Kier alpha value is -1.56. The monoisotopic (exact) mass is 367 g/mol. The molecule has 1 fully saturated rings. The van der Waals surface area contributed by atoms with E-state index in [0.29, 0.717) is 0 Å². The lowest BCUT2D eigenvalue weighted by atomic mass is 9.96. The second kappa shape index (κ2) is 8.17. The van der Waals surface area contributed by atoms with E-state index in [1.54, 1.807) is 6.92 Å². The van der Waals surface area contributed by atoms with Crippen LogP contribution in [-0.2, 0) is 4.79 Å². The minimum atomic E-state index is -0.488. The SMILES string of the molecule is C[C@H](Nc1ccc(Br)cc1)C(=O)NC(=O)NC1CCCCC1. The Kier molecular flexibility index (Phi) is 6.24. The van der Waals surface area contributed by atoms with Crippen molar-refractivity contribution in [2.24, 2.45) is 0 Å². The zero-order valence-electron chi connectivity index (χ0n) is 12.7. The molecule has 3 amide bonds. The summed E-state index contributed by atoms with van der Waals surface area (Å²) in [5.74, 6) is -0.337. The Morgan fingerprint density at radius 1 is 1.14 bits per heavy atom. The van der Waals surface area contributed by atoms with Crippen LogP contribution in [-0.4, -0.2) is 24.0 Å². The molecule has 120 valence electrons. The van der Waals surface area contributed by atoms with E-state index in [1.165, 1.54) is 6.42 Å². The van der Waals surface area contributed by atoms with E-state index in [9.17, 15) is 9.59 Å². The third-order valence-corrected chi connectivity index (χ3v) is 4.33. The maximum Gasteiger partial charge on any atom is 0.321 e. The number of carbonyl (C=O) groups excluding carboxylic acids is 2. The number of urea groups is 1. The molecule has 0 saturated heterocycles. The zero-order chi connectivity index (χ0) is 15.9. The lowest BCUT2D eigenvalue weighted by Gasteiger charge is -2.23. The van der Waals surface area contributed by atoms with Crippen molar-refractivity contribution in [2.45, 2.75) is 51.1 Å². The Morgan fingerprint density at radius 2 is 1.77 bits per heavy atom. The van der Waals surface area contributed by atoms with E-state index in [1.807, 2.05) is 24.3 Å². The summed E-state index contributed by atoms with van der Waals surface area (Å²) in [6, 6.07) is 6.83. The standard InChI is InChI=1S/C16H22BrN3O2/c1-11(18-14-9-7-12(17)8-10-14)15(21)20-16(22)19-13-5-3-2-4-6-13/h7-11,13,18H,2-6H2,1H3,(H2,19,20,21,22)/t11-/m0/s1. The first-order valence-corrected chi connectivity index (χ1v) is 8.47. The molecule has 5 nitrogen and oxygen atoms in total. The lowest BCUT2D eigenvalue weighted by molar-refractivity contribution is -0.120. The van der Waals surface area contributed by atoms with Gasteiger partial charge in [0.2, 0.25) is 5.91 Å². The normalized spacial score (nSPS) is 16.6. The van der Waals surface area contributed by atoms with Gasteiger partial charge in [-0.3, -0.25) is 10.1 Å². The van der Waals surface area contributed by atoms with Crippen LogP contribution < -0.4 is 16.0 Å². The van der Waals surface area contributed by atoms with E-state index in [4.69, 9.17) is 0 Å². The Labute approximate surface area is 139 Å². The van der Waals surface area contributed by atoms with Crippen molar-refractivity contribution >= 4 is 33.6 Å². The highest BCUT2D eigenvalue weighted by Gasteiger charge is 2.19. The van der Waals surface area contributed by atoms with Gasteiger partial charge in [-0.15, -0.1) is 0 Å². The van der Waals surface area contributed by atoms with E-state index in [-0.39, 0.29) is 11.9 Å². The molecule has 2 rings (SSSR count). The number of nitrogens with one attached hydrogen (secondary N) is 3. The smallest absolute Gasteiger partial charge is 0.321 e. The zero-order valence-corrected chi connectivity index (χ0v) is 14.3. The summed E-state index contributed by atoms with van der Waals surface area (Å²) >= 11 is 3.36. The summed E-state index contributed by atoms with van der Waals surface area (Å²) in [6.45, 7) is 1.73. The number of hydrogen-bond donors (Lipinski definition) is 3. The minimum absolute atomic E-state index is 0.191. The van der Waals surface area contributed by atoms with Gasteiger partial charge in [0.15, 0.2) is 0 Å². The van der Waals surface area contributed by atoms with Gasteiger partial charge in [-0.2, -0.15) is 0 Å². The first kappa shape index (κ1) is 16.8. The van der Waals surface area contributed by atoms with Crippen LogP contribution in [0.15, 0.2) is 28.7 Å². The van der Waals surface area contributed by atoms with Crippen LogP contribution in [0.4, 0.5) is 10.5 Å². The van der Waals surface area contributed by atoms with Crippen molar-refractivity contribution in [2.75, 3.05) is 5.32 Å². The van der Waals surface area contributed by atoms with Crippen molar-refractivity contribution < 1.29 is 9.59 Å². The van der Waals surface area contributed by atoms with Gasteiger partial charge in [0, 0.05) is 16.2 Å². The molecule has 0 aliphatic heterocycles. The van der Waals surface area contributed by atoms with Gasteiger partial charge in [-0.05, 0) is 44.0 Å². The molecule has 1 atom stereocenters. The summed E-state index contributed by atoms with van der Waals surface area (Å²) in [7, 11) is 0. The summed E-state index contributed by atoms with van der Waals surface area (Å²) in [5.41, 5.74) is 0.832. The Morgan fingerprint density at radius 3 is 2.41 bits per heavy atom. The van der Waals surface area contributed by atoms with Gasteiger partial charge in [0.25, 0.3) is 0 Å². The number of rotatable bonds is 4. The highest BCUT2D eigenvalue weighted by molar-refractivity contribution is 9.10. The van der Waals surface area contributed by atoms with Crippen LogP contribution in [0.5, 0.6) is 0 Å². The molecule has 0 aromatic heterocycles. The van der Waals surface area contributed by atoms with Gasteiger partial charge in [0.05, 0.1) is 0 Å². The predicted octanol–water partition coefficient (Wildman–Crippen LogP) is 3.41. The van der Waals surface area contributed by atoms with Crippen LogP contribution in [0.2, 0.25) is 0 Å². The van der Waals surface area contributed by atoms with E-state index < -0.39 is 12.1 Å². The van der Waals surface area contributed by atoms with Gasteiger partial charge in [0.1, 0.15) is 6.04 Å². The van der Waals surface area contributed by atoms with Crippen molar-refractivity contribution in [3.63, 3.8) is 0 Å². The third kappa shape index (κ3) is 5.33. The van der Waals surface area contributed by atoms with Gasteiger partial charge in [-0.25, -0.2) is 4.79 Å². The van der Waals surface area contributed by atoms with Crippen molar-refractivity contribution in [1.29, 1.82) is 0 Å². The molecule has 0 radical (unpaired) electrons. The van der Waals surface area contributed by atoms with Crippen LogP contribution in [0.25, 0.3) is 0 Å². The van der Waals surface area contributed by atoms with E-state index in [0.717, 1.165) is 35.8 Å². The molecule has 0 heterocycles. The topological polar surface area (TPSA) is 70.2 Å². The van der Waals surface area contributed by atoms with Crippen molar-refractivity contribution in [3.05, 3.63) is 28.7 Å². The molecule has 22 heavy (non-hydrogen) atoms. The molecule has 1 aliphatic carbocycles.